The van der Waals surface area contributed by atoms with E-state index >= 15 is 0 Å². The van der Waals surface area contributed by atoms with Crippen LogP contribution in [0.25, 0.3) is 0 Å². The molecule has 0 heterocycles. The largest absolute Gasteiger partial charge is 0.107 e. The van der Waals surface area contributed by atoms with Crippen molar-refractivity contribution in [2.24, 2.45) is 0 Å². The molecule has 0 spiro atoms. The maximum Gasteiger partial charge on any atom is 0.0210 e. The summed E-state index contributed by atoms with van der Waals surface area (Å²) in [6, 6.07) is 4.43. The molecule has 0 atom stereocenters. The molecular weight excluding hydrogens is 236 g/mol. The predicted octanol–water partition coefficient (Wildman–Crippen LogP) is 4.02. The molecule has 1 heteroatoms. The minimum Gasteiger partial charge on any atom is -0.107 e. The molecule has 0 bridgehead atoms. The Kier molecular flexibility index (Phi) is 4.22. The maximum atomic E-state index is 3.59. The molecule has 0 nitrogen and oxygen atoms in total. The fourth-order valence-corrected chi connectivity index (χ4v) is 2.01. The Balaban J connectivity index is 2.85. The van der Waals surface area contributed by atoms with Crippen molar-refractivity contribution in [2.45, 2.75) is 33.6 Å². The van der Waals surface area contributed by atoms with Gasteiger partial charge in [0.15, 0.2) is 0 Å². The Bertz CT molecular complexity index is 380. The topological polar surface area (TPSA) is 0 Å². The molecule has 0 amide bonds. The second kappa shape index (κ2) is 5.22. The Hall–Kier alpha value is -0.740. The van der Waals surface area contributed by atoms with Gasteiger partial charge < -0.3 is 0 Å². The second-order valence-electron chi connectivity index (χ2n) is 3.45. The van der Waals surface area contributed by atoms with E-state index in [4.69, 9.17) is 0 Å². The minimum atomic E-state index is 0.942. The lowest BCUT2D eigenvalue weighted by Crippen LogP contribution is -1.90. The molecule has 0 aromatic heterocycles. The van der Waals surface area contributed by atoms with Gasteiger partial charge in [-0.1, -0.05) is 22.0 Å². The first-order chi connectivity index (χ1) is 6.65. The van der Waals surface area contributed by atoms with E-state index in [2.05, 4.69) is 53.8 Å². The first-order valence-electron chi connectivity index (χ1n) is 4.80. The lowest BCUT2D eigenvalue weighted by Gasteiger charge is -2.06. The molecule has 0 radical (unpaired) electrons. The molecule has 1 rings (SSSR count). The quantitative estimate of drug-likeness (QED) is 0.696. The van der Waals surface area contributed by atoms with Gasteiger partial charge in [0.1, 0.15) is 0 Å². The number of rotatable bonds is 2. The van der Waals surface area contributed by atoms with Crippen molar-refractivity contribution >= 4 is 15.9 Å². The van der Waals surface area contributed by atoms with Crippen LogP contribution in [0.15, 0.2) is 16.6 Å². The highest BCUT2D eigenvalue weighted by Gasteiger charge is 2.01. The smallest absolute Gasteiger partial charge is 0.0210 e. The SMILES string of the molecule is CC#CCCc1cc(C)c(C)cc1Br. The molecule has 0 fully saturated rings. The van der Waals surface area contributed by atoms with E-state index < -0.39 is 0 Å². The van der Waals surface area contributed by atoms with Gasteiger partial charge in [-0.25, -0.2) is 0 Å². The molecule has 0 aliphatic heterocycles. The molecule has 0 unspecified atom stereocenters. The Morgan fingerprint density at radius 2 is 1.86 bits per heavy atom. The highest BCUT2D eigenvalue weighted by Crippen LogP contribution is 2.22. The van der Waals surface area contributed by atoms with E-state index in [0.717, 1.165) is 12.8 Å². The summed E-state index contributed by atoms with van der Waals surface area (Å²) >= 11 is 3.59. The van der Waals surface area contributed by atoms with Crippen molar-refractivity contribution in [1.29, 1.82) is 0 Å². The van der Waals surface area contributed by atoms with Crippen LogP contribution in [0.1, 0.15) is 30.0 Å². The second-order valence-corrected chi connectivity index (χ2v) is 4.31. The predicted molar refractivity (Wildman–Crippen MR) is 65.4 cm³/mol. The van der Waals surface area contributed by atoms with Crippen LogP contribution in [-0.2, 0) is 6.42 Å². The van der Waals surface area contributed by atoms with Gasteiger partial charge in [-0.15, -0.1) is 11.8 Å². The lowest BCUT2D eigenvalue weighted by molar-refractivity contribution is 1.01. The first kappa shape index (κ1) is 11.3. The van der Waals surface area contributed by atoms with Gasteiger partial charge in [-0.3, -0.25) is 0 Å². The van der Waals surface area contributed by atoms with Crippen molar-refractivity contribution in [1.82, 2.24) is 0 Å². The summed E-state index contributed by atoms with van der Waals surface area (Å²) in [5, 5.41) is 0. The zero-order valence-electron chi connectivity index (χ0n) is 8.95. The third-order valence-corrected chi connectivity index (χ3v) is 3.10. The molecule has 0 N–H and O–H groups in total. The highest BCUT2D eigenvalue weighted by molar-refractivity contribution is 9.10. The zero-order chi connectivity index (χ0) is 10.6. The summed E-state index contributed by atoms with van der Waals surface area (Å²) in [6.07, 6.45) is 1.97. The summed E-state index contributed by atoms with van der Waals surface area (Å²) in [4.78, 5) is 0. The summed E-state index contributed by atoms with van der Waals surface area (Å²) in [5.41, 5.74) is 4.05. The van der Waals surface area contributed by atoms with Crippen molar-refractivity contribution in [3.05, 3.63) is 33.3 Å². The average Bonchev–Trinajstić information content (AvgIpc) is 2.14. The number of benzene rings is 1. The summed E-state index contributed by atoms with van der Waals surface area (Å²) < 4.78 is 1.21. The molecule has 1 aromatic carbocycles. The molecule has 0 aliphatic rings. The average molecular weight is 251 g/mol. The van der Waals surface area contributed by atoms with Crippen molar-refractivity contribution in [3.63, 3.8) is 0 Å². The van der Waals surface area contributed by atoms with E-state index in [1.807, 2.05) is 6.92 Å². The summed E-state index contributed by atoms with van der Waals surface area (Å²) in [7, 11) is 0. The third-order valence-electron chi connectivity index (χ3n) is 2.36. The van der Waals surface area contributed by atoms with E-state index in [1.54, 1.807) is 0 Å². The number of hydrogen-bond acceptors (Lipinski definition) is 0. The molecule has 74 valence electrons. The number of halogens is 1. The Labute approximate surface area is 94.9 Å². The fraction of sp³-hybridized carbons (Fsp3) is 0.385. The van der Waals surface area contributed by atoms with Crippen molar-refractivity contribution in [3.8, 4) is 11.8 Å². The minimum absolute atomic E-state index is 0.942. The van der Waals surface area contributed by atoms with Crippen LogP contribution in [0.4, 0.5) is 0 Å². The van der Waals surface area contributed by atoms with Crippen LogP contribution >= 0.6 is 15.9 Å². The standard InChI is InChI=1S/C13H15Br/c1-4-5-6-7-12-8-10(2)11(3)9-13(12)14/h8-9H,6-7H2,1-3H3. The summed E-state index contributed by atoms with van der Waals surface area (Å²) in [5.74, 6) is 6.01. The number of hydrogen-bond donors (Lipinski definition) is 0. The third kappa shape index (κ3) is 2.89. The van der Waals surface area contributed by atoms with Crippen LogP contribution in [0.2, 0.25) is 0 Å². The molecule has 14 heavy (non-hydrogen) atoms. The first-order valence-corrected chi connectivity index (χ1v) is 5.59. The van der Waals surface area contributed by atoms with Gasteiger partial charge in [0.05, 0.1) is 0 Å². The van der Waals surface area contributed by atoms with E-state index in [1.165, 1.54) is 21.2 Å². The van der Waals surface area contributed by atoms with Crippen LogP contribution in [-0.4, -0.2) is 0 Å². The lowest BCUT2D eigenvalue weighted by atomic mass is 10.0. The van der Waals surface area contributed by atoms with Crippen LogP contribution in [0.3, 0.4) is 0 Å². The van der Waals surface area contributed by atoms with Crippen LogP contribution in [0.5, 0.6) is 0 Å². The Morgan fingerprint density at radius 3 is 2.50 bits per heavy atom. The normalized spacial score (nSPS) is 9.43. The molecule has 0 saturated heterocycles. The van der Waals surface area contributed by atoms with E-state index in [0.29, 0.717) is 0 Å². The van der Waals surface area contributed by atoms with E-state index in [-0.39, 0.29) is 0 Å². The molecular formula is C13H15Br. The van der Waals surface area contributed by atoms with Crippen LogP contribution < -0.4 is 0 Å². The maximum absolute atomic E-state index is 3.59. The highest BCUT2D eigenvalue weighted by atomic mass is 79.9. The van der Waals surface area contributed by atoms with Gasteiger partial charge in [0.25, 0.3) is 0 Å². The molecule has 0 aliphatic carbocycles. The van der Waals surface area contributed by atoms with Crippen LogP contribution in [0, 0.1) is 25.7 Å². The summed E-state index contributed by atoms with van der Waals surface area (Å²) in [6.45, 7) is 6.17. The fourth-order valence-electron chi connectivity index (χ4n) is 1.35. The molecule has 1 aromatic rings. The number of aryl methyl sites for hydroxylation is 3. The van der Waals surface area contributed by atoms with Crippen molar-refractivity contribution < 1.29 is 0 Å². The van der Waals surface area contributed by atoms with Gasteiger partial charge >= 0.3 is 0 Å². The van der Waals surface area contributed by atoms with Gasteiger partial charge in [-0.05, 0) is 49.9 Å². The van der Waals surface area contributed by atoms with Crippen molar-refractivity contribution in [2.75, 3.05) is 0 Å². The Morgan fingerprint density at radius 1 is 1.21 bits per heavy atom. The monoisotopic (exact) mass is 250 g/mol. The van der Waals surface area contributed by atoms with Gasteiger partial charge in [0, 0.05) is 10.9 Å². The zero-order valence-corrected chi connectivity index (χ0v) is 10.5. The van der Waals surface area contributed by atoms with Gasteiger partial charge in [0.2, 0.25) is 0 Å². The van der Waals surface area contributed by atoms with Gasteiger partial charge in [-0.2, -0.15) is 0 Å². The molecule has 0 saturated carbocycles. The van der Waals surface area contributed by atoms with E-state index in [9.17, 15) is 0 Å².